The van der Waals surface area contributed by atoms with Gasteiger partial charge in [0.1, 0.15) is 34.9 Å². The topological polar surface area (TPSA) is 330 Å². The van der Waals surface area contributed by atoms with Crippen molar-refractivity contribution in [3.05, 3.63) is 34.9 Å². The Bertz CT molecular complexity index is 2760. The van der Waals surface area contributed by atoms with E-state index in [4.69, 9.17) is 60.6 Å². The molecule has 6 heterocycles. The molecule has 0 aliphatic carbocycles. The summed E-state index contributed by atoms with van der Waals surface area (Å²) in [5, 5.41) is 24.6. The molecular weight excluding hydrogens is 1140 g/mol. The normalized spacial score (nSPS) is 11.3. The molecule has 0 amide bonds. The number of aromatic nitrogens is 18. The van der Waals surface area contributed by atoms with Crippen LogP contribution in [0.25, 0.3) is 0 Å². The summed E-state index contributed by atoms with van der Waals surface area (Å²) in [5.41, 5.74) is 5.73. The van der Waals surface area contributed by atoms with Crippen molar-refractivity contribution in [3.8, 4) is 0 Å². The zero-order valence-electron chi connectivity index (χ0n) is 47.8. The third kappa shape index (κ3) is 24.7. The largest absolute Gasteiger partial charge is 0.354 e. The Morgan fingerprint density at radius 2 is 0.457 bits per heavy atom. The molecule has 6 rings (SSSR count). The van der Waals surface area contributed by atoms with Crippen LogP contribution in [0, 0.1) is 0 Å². The Morgan fingerprint density at radius 1 is 0.259 bits per heavy atom. The quantitative estimate of drug-likeness (QED) is 0.0141. The lowest BCUT2D eigenvalue weighted by Gasteiger charge is -2.11. The van der Waals surface area contributed by atoms with Gasteiger partial charge in [0, 0.05) is 77.8 Å². The highest BCUT2D eigenvalue weighted by atomic mass is 32.2. The highest BCUT2D eigenvalue weighted by Gasteiger charge is 2.14. The summed E-state index contributed by atoms with van der Waals surface area (Å²) in [4.78, 5) is 84.5. The highest BCUT2D eigenvalue weighted by Crippen LogP contribution is 2.21. The monoisotopic (exact) mass is 1220 g/mol. The second kappa shape index (κ2) is 37.9. The number of hydrogen-bond donors (Lipinski definition) is 7. The van der Waals surface area contributed by atoms with Gasteiger partial charge in [-0.15, -0.1) is 0 Å². The van der Waals surface area contributed by atoms with Gasteiger partial charge in [-0.3, -0.25) is 0 Å². The van der Waals surface area contributed by atoms with Gasteiger partial charge in [-0.05, 0) is 86.5 Å². The van der Waals surface area contributed by atoms with Crippen LogP contribution in [0.4, 0.5) is 35.7 Å². The molecule has 31 heteroatoms. The Kier molecular flexibility index (Phi) is 30.5. The van der Waals surface area contributed by atoms with Crippen LogP contribution in [0.15, 0.2) is 30.9 Å². The minimum atomic E-state index is 0.557. The minimum absolute atomic E-state index is 0.557. The van der Waals surface area contributed by atoms with Gasteiger partial charge in [-0.25, -0.2) is 29.9 Å². The van der Waals surface area contributed by atoms with E-state index >= 15 is 0 Å². The number of anilines is 6. The molecule has 0 aromatic carbocycles. The van der Waals surface area contributed by atoms with E-state index in [0.29, 0.717) is 128 Å². The Balaban J connectivity index is 0.952. The highest BCUT2D eigenvalue weighted by molar-refractivity contribution is 8.00. The molecular formula is C50H79N25S6. The fraction of sp³-hybridized carbons (Fsp3) is 0.640. The third-order valence-corrected chi connectivity index (χ3v) is 15.2. The lowest BCUT2D eigenvalue weighted by molar-refractivity contribution is 0.721. The van der Waals surface area contributed by atoms with Crippen LogP contribution in [-0.4, -0.2) is 170 Å². The van der Waals surface area contributed by atoms with Crippen molar-refractivity contribution in [2.45, 2.75) is 156 Å². The van der Waals surface area contributed by atoms with Gasteiger partial charge in [0.15, 0.2) is 30.9 Å². The molecule has 0 atom stereocenters. The van der Waals surface area contributed by atoms with Crippen LogP contribution in [-0.2, 0) is 38.5 Å². The number of thioether (sulfide) groups is 6. The van der Waals surface area contributed by atoms with Crippen molar-refractivity contribution in [2.75, 3.05) is 112 Å². The van der Waals surface area contributed by atoms with Gasteiger partial charge in [-0.2, -0.15) is 59.8 Å². The van der Waals surface area contributed by atoms with Crippen LogP contribution >= 0.6 is 70.6 Å². The van der Waals surface area contributed by atoms with Crippen molar-refractivity contribution in [1.82, 2.24) is 89.7 Å². The number of nitrogens with two attached hydrogens (primary N) is 1. The van der Waals surface area contributed by atoms with Gasteiger partial charge in [-0.1, -0.05) is 112 Å². The van der Waals surface area contributed by atoms with Gasteiger partial charge in [0.25, 0.3) is 0 Å². The Hall–Kier alpha value is -5.08. The summed E-state index contributed by atoms with van der Waals surface area (Å²) in [6.07, 6.45) is 8.80. The maximum Gasteiger partial charge on any atom is 0.226 e. The predicted octanol–water partition coefficient (Wildman–Crippen LogP) is 8.02. The predicted molar refractivity (Wildman–Crippen MR) is 333 cm³/mol. The van der Waals surface area contributed by atoms with E-state index in [0.717, 1.165) is 131 Å². The molecule has 0 bridgehead atoms. The second-order valence-electron chi connectivity index (χ2n) is 17.3. The van der Waals surface area contributed by atoms with Crippen molar-refractivity contribution in [1.29, 1.82) is 0 Å². The molecule has 0 spiro atoms. The summed E-state index contributed by atoms with van der Waals surface area (Å²) < 4.78 is 0. The van der Waals surface area contributed by atoms with Crippen LogP contribution in [0.3, 0.4) is 0 Å². The first-order chi connectivity index (χ1) is 39.7. The molecule has 25 nitrogen and oxygen atoms in total. The first-order valence-corrected chi connectivity index (χ1v) is 34.0. The molecule has 0 radical (unpaired) electrons. The van der Waals surface area contributed by atoms with Gasteiger partial charge < -0.3 is 37.6 Å². The van der Waals surface area contributed by atoms with E-state index in [1.54, 1.807) is 70.6 Å². The van der Waals surface area contributed by atoms with E-state index in [-0.39, 0.29) is 0 Å². The average molecular weight is 1220 g/mol. The smallest absolute Gasteiger partial charge is 0.226 e. The molecule has 0 aliphatic heterocycles. The van der Waals surface area contributed by atoms with E-state index in [9.17, 15) is 0 Å². The Labute approximate surface area is 502 Å². The number of nitrogens with one attached hydrogen (secondary N) is 6. The number of hydrogen-bond acceptors (Lipinski definition) is 31. The second-order valence-corrected chi connectivity index (χ2v) is 24.7. The lowest BCUT2D eigenvalue weighted by Crippen LogP contribution is -2.14. The van der Waals surface area contributed by atoms with E-state index < -0.39 is 0 Å². The van der Waals surface area contributed by atoms with Crippen LogP contribution < -0.4 is 37.6 Å². The molecule has 6 aromatic rings. The molecule has 440 valence electrons. The SMILES string of the molecule is CCNc1nc(CCCNc2nc(CCCNc3nc(CCCNc4nc(CCCNc5nc(CCCNc6nc(CCCN)nc(SCC)n6)nc(SCC)n5)nc(SCC)n4)nc(SCC)n3)nc(SCC)n2)nc(SCC)n1. The molecule has 0 saturated heterocycles. The van der Waals surface area contributed by atoms with Gasteiger partial charge >= 0.3 is 0 Å². The number of nitrogens with zero attached hydrogens (tertiary/aromatic N) is 18. The third-order valence-electron chi connectivity index (χ3n) is 10.8. The van der Waals surface area contributed by atoms with Crippen LogP contribution in [0.5, 0.6) is 0 Å². The van der Waals surface area contributed by atoms with Gasteiger partial charge in [0.05, 0.1) is 0 Å². The standard InChI is InChI=1S/C50H79N25S6/c1-8-52-39-58-34(65-45(70-39)76-9-2)22-16-28-54-41-60-36(67-47(72-41)78-11-4)24-18-30-56-43-62-38(69-49(74-43)80-13-6)26-20-32-57-44-63-37(68-50(75-44)81-14-7)25-19-31-55-42-61-35(66-48(73-42)79-12-5)23-17-29-53-40-59-33(21-15-27-51)64-46(71-40)77-10-3/h8-32,51H2,1-7H3,(H,52,58,65,70)(H,53,59,64,71)(H,54,60,67,72)(H,55,61,66,73)(H,56,62,69,74)(H,57,63,68,75). The first-order valence-electron chi connectivity index (χ1n) is 28.1. The summed E-state index contributed by atoms with van der Waals surface area (Å²) >= 11 is 9.61. The number of rotatable bonds is 42. The molecule has 0 unspecified atom stereocenters. The summed E-state index contributed by atoms with van der Waals surface area (Å²) in [6, 6.07) is 0. The summed E-state index contributed by atoms with van der Waals surface area (Å²) in [5.74, 6) is 13.1. The summed E-state index contributed by atoms with van der Waals surface area (Å²) in [7, 11) is 0. The fourth-order valence-electron chi connectivity index (χ4n) is 7.35. The first kappa shape index (κ1) is 65.1. The molecule has 0 aliphatic rings. The molecule has 81 heavy (non-hydrogen) atoms. The van der Waals surface area contributed by atoms with E-state index in [1.165, 1.54) is 0 Å². The Morgan fingerprint density at radius 3 is 0.642 bits per heavy atom. The van der Waals surface area contributed by atoms with E-state index in [1.807, 2.05) is 6.92 Å². The fourth-order valence-corrected chi connectivity index (χ4v) is 10.8. The molecule has 8 N–H and O–H groups in total. The minimum Gasteiger partial charge on any atom is -0.354 e. The average Bonchev–Trinajstić information content (AvgIpc) is 3.46. The maximum absolute atomic E-state index is 5.73. The van der Waals surface area contributed by atoms with Crippen molar-refractivity contribution in [3.63, 3.8) is 0 Å². The maximum atomic E-state index is 5.73. The zero-order chi connectivity index (χ0) is 57.3. The molecule has 0 saturated carbocycles. The van der Waals surface area contributed by atoms with Gasteiger partial charge in [0.2, 0.25) is 35.7 Å². The molecule has 6 aromatic heterocycles. The van der Waals surface area contributed by atoms with Crippen molar-refractivity contribution >= 4 is 106 Å². The number of aryl methyl sites for hydroxylation is 6. The van der Waals surface area contributed by atoms with Crippen LogP contribution in [0.1, 0.15) is 122 Å². The summed E-state index contributed by atoms with van der Waals surface area (Å²) in [6.45, 7) is 19.2. The van der Waals surface area contributed by atoms with E-state index in [2.05, 4.69) is 108 Å². The lowest BCUT2D eigenvalue weighted by atomic mass is 10.3. The van der Waals surface area contributed by atoms with Crippen molar-refractivity contribution < 1.29 is 0 Å². The zero-order valence-corrected chi connectivity index (χ0v) is 52.7. The molecule has 0 fully saturated rings. The van der Waals surface area contributed by atoms with Crippen LogP contribution in [0.2, 0.25) is 0 Å². The van der Waals surface area contributed by atoms with Crippen molar-refractivity contribution in [2.24, 2.45) is 5.73 Å².